The molecule has 1 aromatic heterocycles. The Morgan fingerprint density at radius 1 is 1.06 bits per heavy atom. The van der Waals surface area contributed by atoms with Crippen LogP contribution in [0, 0.1) is 5.82 Å². The highest BCUT2D eigenvalue weighted by Crippen LogP contribution is 2.32. The van der Waals surface area contributed by atoms with Crippen LogP contribution in [0.15, 0.2) is 48.7 Å². The van der Waals surface area contributed by atoms with Crippen molar-refractivity contribution in [1.82, 2.24) is 9.97 Å². The Hall–Kier alpha value is -3.60. The van der Waals surface area contributed by atoms with E-state index in [0.29, 0.717) is 28.6 Å². The minimum absolute atomic E-state index is 0.111. The fraction of sp³-hybridized carbons (Fsp3) is 0.238. The van der Waals surface area contributed by atoms with E-state index in [1.807, 2.05) is 0 Å². The Morgan fingerprint density at radius 3 is 2.44 bits per heavy atom. The van der Waals surface area contributed by atoms with E-state index >= 15 is 0 Å². The average Bonchev–Trinajstić information content (AvgIpc) is 2.76. The van der Waals surface area contributed by atoms with Gasteiger partial charge in [0.2, 0.25) is 16.0 Å². The topological polar surface area (TPSA) is 106 Å². The number of rotatable bonds is 9. The van der Waals surface area contributed by atoms with Crippen molar-refractivity contribution in [1.29, 1.82) is 0 Å². The van der Waals surface area contributed by atoms with Crippen molar-refractivity contribution < 1.29 is 22.3 Å². The lowest BCUT2D eigenvalue weighted by molar-refractivity contribution is 0.355. The summed E-state index contributed by atoms with van der Waals surface area (Å²) in [6.45, 7) is 1.93. The van der Waals surface area contributed by atoms with E-state index in [2.05, 4.69) is 20.6 Å². The lowest BCUT2D eigenvalue weighted by Crippen LogP contribution is -2.30. The van der Waals surface area contributed by atoms with E-state index in [9.17, 15) is 12.8 Å². The molecule has 3 rings (SSSR count). The molecule has 170 valence electrons. The lowest BCUT2D eigenvalue weighted by atomic mass is 10.2. The maximum absolute atomic E-state index is 14.5. The number of hydrogen-bond acceptors (Lipinski definition) is 8. The molecule has 0 aliphatic carbocycles. The normalized spacial score (nSPS) is 11.0. The molecule has 0 bridgehead atoms. The molecule has 2 N–H and O–H groups in total. The minimum atomic E-state index is -3.52. The molecule has 32 heavy (non-hydrogen) atoms. The average molecular weight is 462 g/mol. The molecule has 9 nitrogen and oxygen atoms in total. The third kappa shape index (κ3) is 5.17. The van der Waals surface area contributed by atoms with Crippen LogP contribution in [0.2, 0.25) is 0 Å². The number of ether oxygens (including phenoxy) is 2. The van der Waals surface area contributed by atoms with Gasteiger partial charge in [0.1, 0.15) is 0 Å². The second-order valence-corrected chi connectivity index (χ2v) is 8.56. The zero-order chi connectivity index (χ0) is 23.3. The van der Waals surface area contributed by atoms with E-state index in [1.54, 1.807) is 49.4 Å². The molecule has 0 radical (unpaired) electrons. The molecule has 0 aliphatic rings. The first-order valence-electron chi connectivity index (χ1n) is 9.62. The number of methoxy groups -OCH3 is 2. The van der Waals surface area contributed by atoms with Crippen LogP contribution in [0.5, 0.6) is 11.5 Å². The van der Waals surface area contributed by atoms with Crippen LogP contribution in [0.25, 0.3) is 0 Å². The maximum Gasteiger partial charge on any atom is 0.232 e. The van der Waals surface area contributed by atoms with Gasteiger partial charge in [-0.2, -0.15) is 4.98 Å². The van der Waals surface area contributed by atoms with Crippen molar-refractivity contribution in [3.05, 3.63) is 54.5 Å². The summed E-state index contributed by atoms with van der Waals surface area (Å²) in [6.07, 6.45) is 2.14. The Morgan fingerprint density at radius 2 is 1.78 bits per heavy atom. The van der Waals surface area contributed by atoms with Crippen LogP contribution in [0.1, 0.15) is 6.92 Å². The number of aromatic nitrogens is 2. The van der Waals surface area contributed by atoms with Gasteiger partial charge in [0.25, 0.3) is 0 Å². The highest BCUT2D eigenvalue weighted by Gasteiger charge is 2.19. The molecule has 0 unspecified atom stereocenters. The summed E-state index contributed by atoms with van der Waals surface area (Å²) in [5.74, 6) is 0.393. The van der Waals surface area contributed by atoms with Gasteiger partial charge in [-0.15, -0.1) is 0 Å². The Balaban J connectivity index is 1.91. The third-order valence-electron chi connectivity index (χ3n) is 4.50. The number of sulfonamides is 1. The molecular weight excluding hydrogens is 437 g/mol. The van der Waals surface area contributed by atoms with Crippen molar-refractivity contribution in [2.75, 3.05) is 42.0 Å². The molecule has 0 saturated heterocycles. The van der Waals surface area contributed by atoms with Crippen molar-refractivity contribution >= 4 is 38.9 Å². The van der Waals surface area contributed by atoms with Crippen LogP contribution in [-0.2, 0) is 10.0 Å². The molecule has 0 saturated carbocycles. The summed E-state index contributed by atoms with van der Waals surface area (Å²) in [5, 5.41) is 5.86. The predicted molar refractivity (Wildman–Crippen MR) is 122 cm³/mol. The van der Waals surface area contributed by atoms with Crippen LogP contribution >= 0.6 is 0 Å². The zero-order valence-corrected chi connectivity index (χ0v) is 18.9. The molecule has 1 heterocycles. The van der Waals surface area contributed by atoms with Crippen molar-refractivity contribution in [2.24, 2.45) is 0 Å². The fourth-order valence-corrected chi connectivity index (χ4v) is 4.05. The first-order valence-corrected chi connectivity index (χ1v) is 11.5. The van der Waals surface area contributed by atoms with Gasteiger partial charge in [-0.1, -0.05) is 12.1 Å². The molecule has 3 aromatic rings. The number of para-hydroxylation sites is 2. The maximum atomic E-state index is 14.5. The molecule has 0 aliphatic heterocycles. The van der Waals surface area contributed by atoms with E-state index in [-0.39, 0.29) is 18.3 Å². The Kier molecular flexibility index (Phi) is 6.98. The minimum Gasteiger partial charge on any atom is -0.493 e. The van der Waals surface area contributed by atoms with E-state index < -0.39 is 15.8 Å². The zero-order valence-electron chi connectivity index (χ0n) is 18.1. The van der Waals surface area contributed by atoms with Gasteiger partial charge in [-0.05, 0) is 31.2 Å². The molecule has 2 aromatic carbocycles. The highest BCUT2D eigenvalue weighted by atomic mass is 32.2. The van der Waals surface area contributed by atoms with E-state index in [1.165, 1.54) is 18.5 Å². The van der Waals surface area contributed by atoms with E-state index in [0.717, 1.165) is 12.5 Å². The Labute approximate surface area is 186 Å². The van der Waals surface area contributed by atoms with Crippen LogP contribution in [0.4, 0.5) is 33.2 Å². The first-order chi connectivity index (χ1) is 15.3. The van der Waals surface area contributed by atoms with Crippen molar-refractivity contribution in [2.45, 2.75) is 6.92 Å². The third-order valence-corrected chi connectivity index (χ3v) is 5.75. The molecule has 11 heteroatoms. The summed E-state index contributed by atoms with van der Waals surface area (Å²) in [7, 11) is -0.467. The van der Waals surface area contributed by atoms with Gasteiger partial charge < -0.3 is 20.1 Å². The highest BCUT2D eigenvalue weighted by molar-refractivity contribution is 7.92. The molecular formula is C21H24FN5O4S. The molecule has 0 atom stereocenters. The number of nitrogens with one attached hydrogen (secondary N) is 2. The molecule has 0 spiro atoms. The molecule has 0 fully saturated rings. The smallest absolute Gasteiger partial charge is 0.232 e. The van der Waals surface area contributed by atoms with Crippen LogP contribution in [0.3, 0.4) is 0 Å². The van der Waals surface area contributed by atoms with Gasteiger partial charge in [0.15, 0.2) is 23.1 Å². The number of benzene rings is 2. The van der Waals surface area contributed by atoms with E-state index in [4.69, 9.17) is 9.47 Å². The monoisotopic (exact) mass is 461 g/mol. The second kappa shape index (κ2) is 9.69. The SMILES string of the molecule is CCN(c1ccccc1Nc1nc(Nc2ccc(OC)c(OC)c2)ncc1F)S(C)(=O)=O. The first kappa shape index (κ1) is 23.1. The summed E-state index contributed by atoms with van der Waals surface area (Å²) in [4.78, 5) is 8.17. The summed E-state index contributed by atoms with van der Waals surface area (Å²) in [6, 6.07) is 11.8. The summed E-state index contributed by atoms with van der Waals surface area (Å²) < 4.78 is 50.5. The second-order valence-electron chi connectivity index (χ2n) is 6.65. The van der Waals surface area contributed by atoms with Gasteiger partial charge in [0.05, 0.1) is 38.0 Å². The van der Waals surface area contributed by atoms with Crippen LogP contribution in [-0.4, -0.2) is 45.4 Å². The quantitative estimate of drug-likeness (QED) is 0.494. The lowest BCUT2D eigenvalue weighted by Gasteiger charge is -2.23. The Bertz CT molecular complexity index is 1210. The molecule has 0 amide bonds. The van der Waals surface area contributed by atoms with Gasteiger partial charge >= 0.3 is 0 Å². The summed E-state index contributed by atoms with van der Waals surface area (Å²) in [5.41, 5.74) is 1.37. The fourth-order valence-electron chi connectivity index (χ4n) is 3.07. The number of halogens is 1. The predicted octanol–water partition coefficient (Wildman–Crippen LogP) is 3.91. The number of anilines is 5. The van der Waals surface area contributed by atoms with Crippen molar-refractivity contribution in [3.8, 4) is 11.5 Å². The number of nitrogens with zero attached hydrogens (tertiary/aromatic N) is 3. The van der Waals surface area contributed by atoms with Gasteiger partial charge in [-0.25, -0.2) is 17.8 Å². The number of hydrogen-bond donors (Lipinski definition) is 2. The van der Waals surface area contributed by atoms with Crippen LogP contribution < -0.4 is 24.4 Å². The summed E-state index contributed by atoms with van der Waals surface area (Å²) >= 11 is 0. The largest absolute Gasteiger partial charge is 0.493 e. The van der Waals surface area contributed by atoms with Gasteiger partial charge in [-0.3, -0.25) is 4.31 Å². The standard InChI is InChI=1S/C21H24FN5O4S/c1-5-27(32(4,28)29)17-9-7-6-8-16(17)25-20-15(22)13-23-21(26-20)24-14-10-11-18(30-2)19(12-14)31-3/h6-13H,5H2,1-4H3,(H2,23,24,25,26). The van der Waals surface area contributed by atoms with Gasteiger partial charge in [0, 0.05) is 18.3 Å². The van der Waals surface area contributed by atoms with Crippen molar-refractivity contribution in [3.63, 3.8) is 0 Å².